The lowest BCUT2D eigenvalue weighted by Gasteiger charge is -2.08. The minimum atomic E-state index is -0.893. The predicted octanol–water partition coefficient (Wildman–Crippen LogP) is 2.05. The zero-order chi connectivity index (χ0) is 12.9. The Bertz CT molecular complexity index is 454. The highest BCUT2D eigenvalue weighted by atomic mass is 35.5. The molecule has 0 spiro atoms. The van der Waals surface area contributed by atoms with Gasteiger partial charge in [-0.3, -0.25) is 9.59 Å². The smallest absolute Gasteiger partial charge is 0.218 e. The molecule has 1 aliphatic carbocycles. The van der Waals surface area contributed by atoms with Gasteiger partial charge in [-0.25, -0.2) is 0 Å². The molecule has 0 aromatic rings. The fourth-order valence-electron chi connectivity index (χ4n) is 0.859. The van der Waals surface area contributed by atoms with Crippen molar-refractivity contribution in [2.75, 3.05) is 0 Å². The number of hydrogen-bond donors (Lipinski definition) is 0. The van der Waals surface area contributed by atoms with Crippen LogP contribution in [0.1, 0.15) is 10.4 Å². The third-order valence-corrected chi connectivity index (χ3v) is 2.34. The molecule has 4 nitrogen and oxygen atoms in total. The lowest BCUT2D eigenvalue weighted by molar-refractivity contribution is -0.115. The number of hydrogen-bond acceptors (Lipinski definition) is 4. The zero-order valence-electron chi connectivity index (χ0n) is 8.47. The van der Waals surface area contributed by atoms with E-state index < -0.39 is 32.8 Å². The topological polar surface area (TPSA) is 81.7 Å². The van der Waals surface area contributed by atoms with Gasteiger partial charge in [-0.15, -0.1) is 0 Å². The summed E-state index contributed by atoms with van der Waals surface area (Å²) in [6, 6.07) is 2.89. The van der Waals surface area contributed by atoms with Crippen molar-refractivity contribution in [3.8, 4) is 12.1 Å². The number of halogens is 2. The van der Waals surface area contributed by atoms with E-state index in [1.165, 1.54) is 12.1 Å². The monoisotopic (exact) mass is 246 g/mol. The Labute approximate surface area is 99.1 Å². The van der Waals surface area contributed by atoms with Gasteiger partial charge in [0, 0.05) is 2.97 Å². The molecule has 15 heavy (non-hydrogen) atoms. The molecular formula is C9H6Cl2N2O2. The molecule has 0 saturated heterocycles. The summed E-state index contributed by atoms with van der Waals surface area (Å²) in [5, 5.41) is 16.0. The van der Waals surface area contributed by atoms with E-state index >= 15 is 0 Å². The lowest BCUT2D eigenvalue weighted by Crippen LogP contribution is -2.18. The highest BCUT2D eigenvalue weighted by Crippen LogP contribution is 2.28. The standard InChI is InChI=1S/C8Cl2N2O2.CH4.H2/c9-5-6(10)8(14)4(2-12)3(1-11)7(5)13;;/h;1H4;1H/i;;1+1D. The third kappa shape index (κ3) is 1.92. The van der Waals surface area contributed by atoms with Crippen molar-refractivity contribution in [3.63, 3.8) is 0 Å². The second-order valence-corrected chi connectivity index (χ2v) is 3.02. The SMILES string of the molecule is C.N#CC1=C(C#N)C(=O)C(Cl)=C(Cl)C1=O.[2H][2H]. The quantitative estimate of drug-likeness (QED) is 0.613. The molecule has 0 amide bonds. The number of carbonyl (C=O) groups excluding carboxylic acids is 2. The van der Waals surface area contributed by atoms with Gasteiger partial charge in [0.05, 0.1) is 0 Å². The van der Waals surface area contributed by atoms with Crippen LogP contribution in [-0.2, 0) is 9.59 Å². The van der Waals surface area contributed by atoms with Crippen molar-refractivity contribution < 1.29 is 12.6 Å². The molecule has 0 unspecified atom stereocenters. The van der Waals surface area contributed by atoms with Gasteiger partial charge in [0.2, 0.25) is 11.6 Å². The van der Waals surface area contributed by atoms with E-state index in [2.05, 4.69) is 0 Å². The first-order valence-electron chi connectivity index (χ1n) is 4.23. The number of carbonyl (C=O) groups is 2. The van der Waals surface area contributed by atoms with E-state index in [1.807, 2.05) is 0 Å². The van der Waals surface area contributed by atoms with Gasteiger partial charge in [-0.1, -0.05) is 30.6 Å². The molecule has 0 N–H and O–H groups in total. The van der Waals surface area contributed by atoms with E-state index in [-0.39, 0.29) is 7.43 Å². The van der Waals surface area contributed by atoms with Crippen LogP contribution in [0.15, 0.2) is 21.2 Å². The van der Waals surface area contributed by atoms with Crippen molar-refractivity contribution in [2.24, 2.45) is 0 Å². The fourth-order valence-corrected chi connectivity index (χ4v) is 1.22. The summed E-state index contributed by atoms with van der Waals surface area (Å²) in [4.78, 5) is 22.4. The molecular weight excluding hydrogens is 239 g/mol. The Morgan fingerprint density at radius 3 is 1.47 bits per heavy atom. The van der Waals surface area contributed by atoms with Gasteiger partial charge in [0.1, 0.15) is 33.3 Å². The predicted molar refractivity (Wildman–Crippen MR) is 55.8 cm³/mol. The highest BCUT2D eigenvalue weighted by molar-refractivity contribution is 6.59. The Balaban J connectivity index is 0. The van der Waals surface area contributed by atoms with Crippen LogP contribution in [0.25, 0.3) is 0 Å². The number of allylic oxidation sites excluding steroid dienone is 4. The molecule has 0 heterocycles. The number of ketones is 2. The van der Waals surface area contributed by atoms with Crippen LogP contribution in [0.5, 0.6) is 0 Å². The molecule has 0 aromatic carbocycles. The largest absolute Gasteiger partial charge is 0.287 e. The van der Waals surface area contributed by atoms with Gasteiger partial charge in [-0.05, 0) is 0 Å². The normalized spacial score (nSPS) is 16.3. The molecule has 6 heteroatoms. The molecule has 0 bridgehead atoms. The Morgan fingerprint density at radius 2 is 1.27 bits per heavy atom. The fraction of sp³-hybridized carbons (Fsp3) is 0.111. The lowest BCUT2D eigenvalue weighted by atomic mass is 9.96. The maximum Gasteiger partial charge on any atom is 0.218 e. The molecule has 0 aromatic heterocycles. The van der Waals surface area contributed by atoms with E-state index in [9.17, 15) is 9.59 Å². The van der Waals surface area contributed by atoms with Crippen molar-refractivity contribution in [3.05, 3.63) is 21.2 Å². The van der Waals surface area contributed by atoms with Crippen molar-refractivity contribution in [2.45, 2.75) is 7.43 Å². The van der Waals surface area contributed by atoms with Gasteiger partial charge in [-0.2, -0.15) is 10.5 Å². The average Bonchev–Trinajstić information content (AvgIpc) is 2.33. The Kier molecular flexibility index (Phi) is 3.62. The highest BCUT2D eigenvalue weighted by Gasteiger charge is 2.33. The van der Waals surface area contributed by atoms with Crippen LogP contribution in [-0.4, -0.2) is 11.6 Å². The van der Waals surface area contributed by atoms with E-state index in [0.717, 1.165) is 0 Å². The third-order valence-electron chi connectivity index (χ3n) is 1.52. The Morgan fingerprint density at radius 1 is 1.00 bits per heavy atom. The summed E-state index contributed by atoms with van der Waals surface area (Å²) >= 11 is 10.8. The van der Waals surface area contributed by atoms with Crippen molar-refractivity contribution >= 4 is 34.8 Å². The number of rotatable bonds is 0. The first kappa shape index (κ1) is 11.5. The summed E-state index contributed by atoms with van der Waals surface area (Å²) < 4.78 is 10.0. The van der Waals surface area contributed by atoms with Crippen LogP contribution in [0.4, 0.5) is 0 Å². The van der Waals surface area contributed by atoms with E-state index in [4.69, 9.17) is 36.7 Å². The van der Waals surface area contributed by atoms with Crippen LogP contribution < -0.4 is 0 Å². The summed E-state index contributed by atoms with van der Waals surface area (Å²) in [5.41, 5.74) is -1.13. The van der Waals surface area contributed by atoms with Gasteiger partial charge in [0.25, 0.3) is 0 Å². The van der Waals surface area contributed by atoms with Crippen LogP contribution >= 0.6 is 23.2 Å². The Hall–Kier alpha value is -1.62. The summed E-state index contributed by atoms with van der Waals surface area (Å²) in [6.07, 6.45) is 0. The minimum Gasteiger partial charge on any atom is -0.287 e. The number of Topliss-reactive ketones (excluding diaryl/α,β-unsaturated/α-hetero) is 2. The van der Waals surface area contributed by atoms with E-state index in [1.54, 1.807) is 0 Å². The second-order valence-electron chi connectivity index (χ2n) is 2.26. The molecule has 0 atom stereocenters. The molecule has 0 aliphatic heterocycles. The zero-order valence-corrected chi connectivity index (χ0v) is 7.98. The van der Waals surface area contributed by atoms with Crippen LogP contribution in [0.2, 0.25) is 0 Å². The molecule has 1 aliphatic rings. The first-order valence-corrected chi connectivity index (χ1v) is 3.99. The van der Waals surface area contributed by atoms with Crippen molar-refractivity contribution in [1.82, 2.24) is 0 Å². The van der Waals surface area contributed by atoms with Gasteiger partial charge in [0.15, 0.2) is 0 Å². The van der Waals surface area contributed by atoms with Crippen LogP contribution in [0.3, 0.4) is 0 Å². The van der Waals surface area contributed by atoms with Gasteiger partial charge >= 0.3 is 0 Å². The minimum absolute atomic E-state index is 0. The van der Waals surface area contributed by atoms with Gasteiger partial charge < -0.3 is 0 Å². The molecule has 0 radical (unpaired) electrons. The summed E-state index contributed by atoms with van der Waals surface area (Å²) in [7, 11) is 0. The molecule has 0 fully saturated rings. The summed E-state index contributed by atoms with van der Waals surface area (Å²) in [6.45, 7) is 0. The molecule has 1 rings (SSSR count). The first-order chi connectivity index (χ1) is 7.54. The van der Waals surface area contributed by atoms with E-state index in [0.29, 0.717) is 0 Å². The summed E-state index contributed by atoms with van der Waals surface area (Å²) in [5.74, 6) is -1.79. The molecule has 78 valence electrons. The van der Waals surface area contributed by atoms with Crippen LogP contribution in [0, 0.1) is 22.7 Å². The van der Waals surface area contributed by atoms with Crippen molar-refractivity contribution in [1.29, 1.82) is 10.5 Å². The average molecular weight is 247 g/mol. The number of nitrogens with zero attached hydrogens (tertiary/aromatic N) is 2. The maximum atomic E-state index is 11.2. The second kappa shape index (κ2) is 4.75. The molecule has 0 saturated carbocycles. The number of nitriles is 2. The maximum absolute atomic E-state index is 11.2.